The van der Waals surface area contributed by atoms with Gasteiger partial charge in [-0.25, -0.2) is 9.97 Å². The highest BCUT2D eigenvalue weighted by molar-refractivity contribution is 6.32. The van der Waals surface area contributed by atoms with Crippen molar-refractivity contribution < 1.29 is 0 Å². The molecule has 0 unspecified atom stereocenters. The van der Waals surface area contributed by atoms with Crippen LogP contribution in [0.15, 0.2) is 12.5 Å². The Hall–Kier alpha value is -0.910. The number of halogens is 1. The molecule has 1 aliphatic rings. The average Bonchev–Trinajstić information content (AvgIpc) is 2.33. The first-order valence-corrected chi connectivity index (χ1v) is 5.86. The maximum absolute atomic E-state index is 5.93. The van der Waals surface area contributed by atoms with Gasteiger partial charge in [-0.3, -0.25) is 4.90 Å². The normalized spacial score (nSPS) is 17.3. The Balaban J connectivity index is 1.73. The van der Waals surface area contributed by atoms with Gasteiger partial charge in [-0.05, 0) is 0 Å². The topological polar surface area (TPSA) is 53.1 Å². The van der Waals surface area contributed by atoms with Crippen LogP contribution >= 0.6 is 11.6 Å². The Morgan fingerprint density at radius 2 is 2.25 bits per heavy atom. The molecule has 0 amide bonds. The first kappa shape index (κ1) is 11.6. The molecule has 2 heterocycles. The monoisotopic (exact) mass is 241 g/mol. The molecule has 1 aromatic rings. The SMILES string of the molecule is Clc1cncnc1NCCN1CCNCC1. The number of anilines is 1. The number of piperazine rings is 1. The van der Waals surface area contributed by atoms with Crippen LogP contribution in [0.5, 0.6) is 0 Å². The molecule has 2 rings (SSSR count). The zero-order valence-corrected chi connectivity index (χ0v) is 9.87. The third kappa shape index (κ3) is 3.30. The molecule has 0 bridgehead atoms. The highest BCUT2D eigenvalue weighted by Gasteiger charge is 2.08. The summed E-state index contributed by atoms with van der Waals surface area (Å²) in [6, 6.07) is 0. The largest absolute Gasteiger partial charge is 0.367 e. The van der Waals surface area contributed by atoms with E-state index in [1.807, 2.05) is 0 Å². The van der Waals surface area contributed by atoms with Crippen molar-refractivity contribution >= 4 is 17.4 Å². The molecular formula is C10H16ClN5. The number of nitrogens with one attached hydrogen (secondary N) is 2. The first-order valence-electron chi connectivity index (χ1n) is 5.49. The zero-order valence-electron chi connectivity index (χ0n) is 9.12. The van der Waals surface area contributed by atoms with Crippen LogP contribution < -0.4 is 10.6 Å². The van der Waals surface area contributed by atoms with E-state index in [0.717, 1.165) is 39.3 Å². The summed E-state index contributed by atoms with van der Waals surface area (Å²) < 4.78 is 0. The van der Waals surface area contributed by atoms with Gasteiger partial charge in [0.1, 0.15) is 17.2 Å². The Morgan fingerprint density at radius 3 is 3.00 bits per heavy atom. The predicted octanol–water partition coefficient (Wildman–Crippen LogP) is 0.447. The molecule has 0 spiro atoms. The summed E-state index contributed by atoms with van der Waals surface area (Å²) in [7, 11) is 0. The lowest BCUT2D eigenvalue weighted by atomic mass is 10.3. The molecule has 0 atom stereocenters. The number of nitrogens with zero attached hydrogens (tertiary/aromatic N) is 3. The molecule has 88 valence electrons. The van der Waals surface area contributed by atoms with Gasteiger partial charge in [0.25, 0.3) is 0 Å². The van der Waals surface area contributed by atoms with Gasteiger partial charge in [-0.2, -0.15) is 0 Å². The molecule has 1 saturated heterocycles. The van der Waals surface area contributed by atoms with Crippen LogP contribution in [-0.2, 0) is 0 Å². The number of rotatable bonds is 4. The second-order valence-corrected chi connectivity index (χ2v) is 4.14. The Morgan fingerprint density at radius 1 is 1.44 bits per heavy atom. The highest BCUT2D eigenvalue weighted by atomic mass is 35.5. The fraction of sp³-hybridized carbons (Fsp3) is 0.600. The second-order valence-electron chi connectivity index (χ2n) is 3.74. The van der Waals surface area contributed by atoms with Gasteiger partial charge in [0.05, 0.1) is 6.20 Å². The number of hydrogen-bond acceptors (Lipinski definition) is 5. The van der Waals surface area contributed by atoms with Crippen LogP contribution in [0.2, 0.25) is 5.02 Å². The van der Waals surface area contributed by atoms with Gasteiger partial charge in [-0.15, -0.1) is 0 Å². The Labute approximate surface area is 100 Å². The summed E-state index contributed by atoms with van der Waals surface area (Å²) in [6.07, 6.45) is 3.10. The third-order valence-electron chi connectivity index (χ3n) is 2.60. The van der Waals surface area contributed by atoms with Crippen LogP contribution in [0.1, 0.15) is 0 Å². The number of hydrogen-bond donors (Lipinski definition) is 2. The van der Waals surface area contributed by atoms with Crippen LogP contribution in [0.3, 0.4) is 0 Å². The highest BCUT2D eigenvalue weighted by Crippen LogP contribution is 2.15. The average molecular weight is 242 g/mol. The maximum atomic E-state index is 5.93. The quantitative estimate of drug-likeness (QED) is 0.802. The lowest BCUT2D eigenvalue weighted by molar-refractivity contribution is 0.249. The van der Waals surface area contributed by atoms with E-state index in [2.05, 4.69) is 25.5 Å². The van der Waals surface area contributed by atoms with Crippen LogP contribution in [0.4, 0.5) is 5.82 Å². The molecule has 0 radical (unpaired) electrons. The molecule has 1 aliphatic heterocycles. The second kappa shape index (κ2) is 5.98. The van der Waals surface area contributed by atoms with E-state index in [1.165, 1.54) is 6.33 Å². The summed E-state index contributed by atoms with van der Waals surface area (Å²) in [4.78, 5) is 10.3. The molecule has 6 heteroatoms. The van der Waals surface area contributed by atoms with E-state index in [4.69, 9.17) is 11.6 Å². The molecular weight excluding hydrogens is 226 g/mol. The van der Waals surface area contributed by atoms with Crippen molar-refractivity contribution in [2.75, 3.05) is 44.6 Å². The summed E-state index contributed by atoms with van der Waals surface area (Å²) in [5, 5.41) is 7.12. The van der Waals surface area contributed by atoms with Gasteiger partial charge in [-0.1, -0.05) is 11.6 Å². The Kier molecular flexibility index (Phi) is 4.33. The van der Waals surface area contributed by atoms with E-state index < -0.39 is 0 Å². The van der Waals surface area contributed by atoms with Crippen molar-refractivity contribution in [2.24, 2.45) is 0 Å². The van der Waals surface area contributed by atoms with Crippen LogP contribution in [0.25, 0.3) is 0 Å². The van der Waals surface area contributed by atoms with E-state index in [-0.39, 0.29) is 0 Å². The predicted molar refractivity (Wildman–Crippen MR) is 64.8 cm³/mol. The minimum absolute atomic E-state index is 0.572. The minimum Gasteiger partial charge on any atom is -0.367 e. The fourth-order valence-electron chi connectivity index (χ4n) is 1.71. The molecule has 0 aliphatic carbocycles. The molecule has 16 heavy (non-hydrogen) atoms. The van der Waals surface area contributed by atoms with Crippen molar-refractivity contribution in [3.63, 3.8) is 0 Å². The van der Waals surface area contributed by atoms with Crippen LogP contribution in [0, 0.1) is 0 Å². The fourth-order valence-corrected chi connectivity index (χ4v) is 1.88. The maximum Gasteiger partial charge on any atom is 0.148 e. The zero-order chi connectivity index (χ0) is 11.2. The summed E-state index contributed by atoms with van der Waals surface area (Å²) in [5.74, 6) is 0.715. The first-order chi connectivity index (χ1) is 7.86. The molecule has 0 saturated carbocycles. The van der Waals surface area contributed by atoms with Crippen molar-refractivity contribution in [1.82, 2.24) is 20.2 Å². The molecule has 5 nitrogen and oxygen atoms in total. The standard InChI is InChI=1S/C10H16ClN5/c11-9-7-13-8-15-10(9)14-3-6-16-4-1-12-2-5-16/h7-8,12H,1-6H2,(H,13,14,15). The van der Waals surface area contributed by atoms with E-state index in [0.29, 0.717) is 10.8 Å². The van der Waals surface area contributed by atoms with Gasteiger partial charge >= 0.3 is 0 Å². The number of aromatic nitrogens is 2. The molecule has 1 fully saturated rings. The minimum atomic E-state index is 0.572. The van der Waals surface area contributed by atoms with Crippen LogP contribution in [-0.4, -0.2) is 54.1 Å². The van der Waals surface area contributed by atoms with Gasteiger partial charge < -0.3 is 10.6 Å². The molecule has 1 aromatic heterocycles. The third-order valence-corrected chi connectivity index (χ3v) is 2.87. The smallest absolute Gasteiger partial charge is 0.148 e. The molecule has 2 N–H and O–H groups in total. The van der Waals surface area contributed by atoms with Crippen molar-refractivity contribution in [3.8, 4) is 0 Å². The lowest BCUT2D eigenvalue weighted by Crippen LogP contribution is -2.45. The van der Waals surface area contributed by atoms with Crippen molar-refractivity contribution in [3.05, 3.63) is 17.5 Å². The summed E-state index contributed by atoms with van der Waals surface area (Å²) in [5.41, 5.74) is 0. The summed E-state index contributed by atoms with van der Waals surface area (Å²) >= 11 is 5.93. The lowest BCUT2D eigenvalue weighted by Gasteiger charge is -2.27. The molecule has 0 aromatic carbocycles. The van der Waals surface area contributed by atoms with Gasteiger partial charge in [0.15, 0.2) is 0 Å². The Bertz CT molecular complexity index is 327. The van der Waals surface area contributed by atoms with E-state index in [1.54, 1.807) is 6.20 Å². The van der Waals surface area contributed by atoms with Crippen molar-refractivity contribution in [2.45, 2.75) is 0 Å². The van der Waals surface area contributed by atoms with E-state index in [9.17, 15) is 0 Å². The van der Waals surface area contributed by atoms with Gasteiger partial charge in [0, 0.05) is 39.3 Å². The summed E-state index contributed by atoms with van der Waals surface area (Å²) in [6.45, 7) is 6.25. The van der Waals surface area contributed by atoms with Gasteiger partial charge in [0.2, 0.25) is 0 Å². The van der Waals surface area contributed by atoms with Crippen molar-refractivity contribution in [1.29, 1.82) is 0 Å². The van der Waals surface area contributed by atoms with E-state index >= 15 is 0 Å².